The largest absolute Gasteiger partial charge is 0.383 e. The van der Waals surface area contributed by atoms with Crippen molar-refractivity contribution in [1.82, 2.24) is 9.55 Å². The Morgan fingerprint density at radius 1 is 1.00 bits per heavy atom. The highest BCUT2D eigenvalue weighted by molar-refractivity contribution is 5.97. The molecule has 30 heavy (non-hydrogen) atoms. The number of nitrogen functional groups attached to an aromatic ring is 1. The van der Waals surface area contributed by atoms with E-state index >= 15 is 0 Å². The molecule has 0 radical (unpaired) electrons. The zero-order chi connectivity index (χ0) is 21.1. The van der Waals surface area contributed by atoms with Crippen LogP contribution in [-0.4, -0.2) is 15.5 Å². The first-order valence-electron chi connectivity index (χ1n) is 10.1. The number of H-pyrrole nitrogens is 1. The van der Waals surface area contributed by atoms with Crippen molar-refractivity contribution in [1.29, 1.82) is 0 Å². The fourth-order valence-corrected chi connectivity index (χ4v) is 3.67. The third-order valence-electron chi connectivity index (χ3n) is 5.57. The summed E-state index contributed by atoms with van der Waals surface area (Å²) in [6.07, 6.45) is 2.59. The Bertz CT molecular complexity index is 1150. The highest BCUT2D eigenvalue weighted by Crippen LogP contribution is 2.31. The van der Waals surface area contributed by atoms with Gasteiger partial charge in [0.05, 0.1) is 13.1 Å². The van der Waals surface area contributed by atoms with Crippen LogP contribution in [0.15, 0.2) is 70.3 Å². The van der Waals surface area contributed by atoms with Crippen molar-refractivity contribution < 1.29 is 4.79 Å². The molecule has 7 heteroatoms. The highest BCUT2D eigenvalue weighted by Gasteiger charge is 2.33. The number of hydrogen-bond donors (Lipinski definition) is 2. The number of rotatable bonds is 6. The zero-order valence-electron chi connectivity index (χ0n) is 16.6. The van der Waals surface area contributed by atoms with Crippen LogP contribution in [0.5, 0.6) is 0 Å². The molecule has 3 aromatic rings. The lowest BCUT2D eigenvalue weighted by Gasteiger charge is -2.32. The van der Waals surface area contributed by atoms with E-state index < -0.39 is 11.2 Å². The second-order valence-electron chi connectivity index (χ2n) is 7.60. The molecule has 4 rings (SSSR count). The van der Waals surface area contributed by atoms with Crippen LogP contribution in [0.3, 0.4) is 0 Å². The predicted octanol–water partition coefficient (Wildman–Crippen LogP) is 2.50. The number of carbonyl (C=O) groups is 1. The van der Waals surface area contributed by atoms with Crippen LogP contribution in [0.25, 0.3) is 0 Å². The predicted molar refractivity (Wildman–Crippen MR) is 116 cm³/mol. The van der Waals surface area contributed by atoms with Crippen molar-refractivity contribution in [2.45, 2.75) is 32.4 Å². The number of nitrogens with zero attached hydrogens (tertiary/aromatic N) is 2. The number of anilines is 2. The molecule has 7 nitrogen and oxygen atoms in total. The number of aromatic nitrogens is 2. The number of benzene rings is 2. The monoisotopic (exact) mass is 404 g/mol. The Kier molecular flexibility index (Phi) is 5.52. The summed E-state index contributed by atoms with van der Waals surface area (Å²) in [7, 11) is 0. The quantitative estimate of drug-likeness (QED) is 0.659. The summed E-state index contributed by atoms with van der Waals surface area (Å²) < 4.78 is 1.30. The van der Waals surface area contributed by atoms with E-state index in [0.717, 1.165) is 30.4 Å². The maximum atomic E-state index is 13.2. The minimum Gasteiger partial charge on any atom is -0.383 e. The molecular weight excluding hydrogens is 380 g/mol. The Labute approximate surface area is 173 Å². The number of aromatic amines is 1. The van der Waals surface area contributed by atoms with E-state index in [4.69, 9.17) is 5.73 Å². The van der Waals surface area contributed by atoms with Gasteiger partial charge >= 0.3 is 5.69 Å². The first-order chi connectivity index (χ1) is 14.5. The summed E-state index contributed by atoms with van der Waals surface area (Å²) >= 11 is 0. The van der Waals surface area contributed by atoms with E-state index in [1.807, 2.05) is 60.7 Å². The molecule has 1 aromatic heterocycles. The molecule has 1 fully saturated rings. The summed E-state index contributed by atoms with van der Waals surface area (Å²) in [6.45, 7) is 0.416. The normalized spacial score (nSPS) is 13.6. The van der Waals surface area contributed by atoms with E-state index in [1.165, 1.54) is 9.47 Å². The molecule has 1 aliphatic rings. The lowest BCUT2D eigenvalue weighted by Crippen LogP contribution is -2.44. The van der Waals surface area contributed by atoms with Gasteiger partial charge in [0.15, 0.2) is 5.69 Å². The van der Waals surface area contributed by atoms with Crippen LogP contribution in [-0.2, 0) is 17.9 Å². The maximum Gasteiger partial charge on any atom is 0.330 e. The molecule has 154 valence electrons. The summed E-state index contributed by atoms with van der Waals surface area (Å²) in [5, 5.41) is 0. The van der Waals surface area contributed by atoms with Gasteiger partial charge in [-0.25, -0.2) is 4.79 Å². The lowest BCUT2D eigenvalue weighted by atomic mass is 9.84. The highest BCUT2D eigenvalue weighted by atomic mass is 16.2. The standard InChI is InChI=1S/C23H24N4O3/c24-20-19(21(28)25-23(30)27(20)15-17-10-5-2-6-11-17)26(22(29)18-12-7-13-18)14-16-8-3-1-4-9-16/h1-6,8-11,18H,7,12-15,24H2,(H,25,28,30). The van der Waals surface area contributed by atoms with Gasteiger partial charge in [0.1, 0.15) is 5.82 Å². The maximum absolute atomic E-state index is 13.2. The number of nitrogens with one attached hydrogen (secondary N) is 1. The van der Waals surface area contributed by atoms with Gasteiger partial charge in [-0.3, -0.25) is 24.0 Å². The number of hydrogen-bond acceptors (Lipinski definition) is 4. The summed E-state index contributed by atoms with van der Waals surface area (Å²) in [4.78, 5) is 42.3. The molecule has 3 N–H and O–H groups in total. The minimum atomic E-state index is -0.648. The van der Waals surface area contributed by atoms with Crippen molar-refractivity contribution in [3.63, 3.8) is 0 Å². The van der Waals surface area contributed by atoms with E-state index in [2.05, 4.69) is 4.98 Å². The third kappa shape index (κ3) is 3.91. The van der Waals surface area contributed by atoms with Gasteiger partial charge in [-0.1, -0.05) is 67.1 Å². The van der Waals surface area contributed by atoms with Crippen LogP contribution < -0.4 is 21.9 Å². The Hall–Kier alpha value is -3.61. The molecule has 0 bridgehead atoms. The Morgan fingerprint density at radius 2 is 1.60 bits per heavy atom. The number of amides is 1. The van der Waals surface area contributed by atoms with Crippen molar-refractivity contribution >= 4 is 17.4 Å². The fourth-order valence-electron chi connectivity index (χ4n) is 3.67. The molecule has 1 amide bonds. The summed E-state index contributed by atoms with van der Waals surface area (Å²) in [5.74, 6) is -0.259. The molecule has 0 spiro atoms. The van der Waals surface area contributed by atoms with Crippen LogP contribution in [0.2, 0.25) is 0 Å². The SMILES string of the molecule is Nc1c(N(Cc2ccccc2)C(=O)C2CCC2)c(=O)[nH]c(=O)n1Cc1ccccc1. The molecule has 0 aliphatic heterocycles. The molecule has 1 saturated carbocycles. The third-order valence-corrected chi connectivity index (χ3v) is 5.57. The number of carbonyl (C=O) groups excluding carboxylic acids is 1. The fraction of sp³-hybridized carbons (Fsp3) is 0.261. The molecule has 2 aromatic carbocycles. The zero-order valence-corrected chi connectivity index (χ0v) is 16.6. The average molecular weight is 404 g/mol. The van der Waals surface area contributed by atoms with Crippen molar-refractivity contribution in [3.05, 3.63) is 92.6 Å². The van der Waals surface area contributed by atoms with E-state index in [0.29, 0.717) is 0 Å². The minimum absolute atomic E-state index is 0.00351. The van der Waals surface area contributed by atoms with Crippen molar-refractivity contribution in [2.75, 3.05) is 10.6 Å². The molecule has 0 saturated heterocycles. The van der Waals surface area contributed by atoms with Gasteiger partial charge in [0, 0.05) is 5.92 Å². The van der Waals surface area contributed by atoms with E-state index in [9.17, 15) is 14.4 Å². The van der Waals surface area contributed by atoms with Gasteiger partial charge in [-0.05, 0) is 24.0 Å². The van der Waals surface area contributed by atoms with E-state index in [-0.39, 0.29) is 36.4 Å². The molecule has 1 heterocycles. The van der Waals surface area contributed by atoms with Crippen LogP contribution in [0.4, 0.5) is 11.5 Å². The first-order valence-corrected chi connectivity index (χ1v) is 10.1. The summed E-state index contributed by atoms with van der Waals surface area (Å²) in [5.41, 5.74) is 6.87. The second kappa shape index (κ2) is 8.41. The van der Waals surface area contributed by atoms with Gasteiger partial charge in [-0.15, -0.1) is 0 Å². The van der Waals surface area contributed by atoms with Crippen LogP contribution in [0, 0.1) is 5.92 Å². The number of nitrogens with two attached hydrogens (primary N) is 1. The Morgan fingerprint density at radius 3 is 2.17 bits per heavy atom. The smallest absolute Gasteiger partial charge is 0.330 e. The van der Waals surface area contributed by atoms with Gasteiger partial charge in [0.25, 0.3) is 5.56 Å². The summed E-state index contributed by atoms with van der Waals surface area (Å²) in [6, 6.07) is 18.8. The Balaban J connectivity index is 1.79. The van der Waals surface area contributed by atoms with Crippen molar-refractivity contribution in [2.24, 2.45) is 5.92 Å². The van der Waals surface area contributed by atoms with Crippen LogP contribution in [0.1, 0.15) is 30.4 Å². The molecule has 1 aliphatic carbocycles. The van der Waals surface area contributed by atoms with Gasteiger partial charge in [-0.2, -0.15) is 0 Å². The molecular formula is C23H24N4O3. The second-order valence-corrected chi connectivity index (χ2v) is 7.60. The van der Waals surface area contributed by atoms with Crippen LogP contribution >= 0.6 is 0 Å². The topological polar surface area (TPSA) is 101 Å². The molecule has 0 atom stereocenters. The van der Waals surface area contributed by atoms with Gasteiger partial charge < -0.3 is 5.73 Å². The lowest BCUT2D eigenvalue weighted by molar-refractivity contribution is -0.124. The first kappa shape index (κ1) is 19.7. The van der Waals surface area contributed by atoms with Gasteiger partial charge in [0.2, 0.25) is 5.91 Å². The average Bonchev–Trinajstić information content (AvgIpc) is 2.70. The van der Waals surface area contributed by atoms with E-state index in [1.54, 1.807) is 0 Å². The van der Waals surface area contributed by atoms with Crippen molar-refractivity contribution in [3.8, 4) is 0 Å². The molecule has 0 unspecified atom stereocenters.